The van der Waals surface area contributed by atoms with Crippen LogP contribution in [-0.2, 0) is 11.2 Å². The number of H-pyrrole nitrogens is 1. The van der Waals surface area contributed by atoms with Crippen LogP contribution in [0.25, 0.3) is 10.9 Å². The number of para-hydroxylation sites is 1. The molecule has 2 aromatic heterocycles. The van der Waals surface area contributed by atoms with Crippen LogP contribution in [0.15, 0.2) is 72.2 Å². The van der Waals surface area contributed by atoms with Crippen molar-refractivity contribution in [2.24, 2.45) is 5.10 Å². The summed E-state index contributed by atoms with van der Waals surface area (Å²) in [6, 6.07) is 14.4. The number of aromatic nitrogens is 2. The van der Waals surface area contributed by atoms with E-state index in [0.717, 1.165) is 22.0 Å². The average Bonchev–Trinajstić information content (AvgIpc) is 3.58. The fourth-order valence-corrected chi connectivity index (χ4v) is 4.47. The van der Waals surface area contributed by atoms with E-state index < -0.39 is 6.04 Å². The highest BCUT2D eigenvalue weighted by molar-refractivity contribution is 6.13. The summed E-state index contributed by atoms with van der Waals surface area (Å²) in [4.78, 5) is 32.4. The van der Waals surface area contributed by atoms with E-state index in [1.807, 2.05) is 50.4 Å². The van der Waals surface area contributed by atoms with Crippen molar-refractivity contribution in [3.63, 3.8) is 0 Å². The molecule has 0 saturated carbocycles. The molecular weight excluding hydrogens is 506 g/mol. The number of rotatable bonds is 8. The molecule has 0 spiro atoms. The lowest BCUT2D eigenvalue weighted by atomic mass is 10.0. The second-order valence-electron chi connectivity index (χ2n) is 9.78. The molecule has 9 heteroatoms. The molecule has 202 valence electrons. The first-order valence-corrected chi connectivity index (χ1v) is 13.0. The number of aliphatic hydroxyl groups excluding tert-OH is 1. The SMILES string of the molecule is CC(C)Oc1ccc(C#Cc2cncc(C3=NNC(=O)C3)c2)cc1C(=O)N[C@@H](CO)Cc1c[nH]c2ccccc12. The van der Waals surface area contributed by atoms with Gasteiger partial charge in [0.25, 0.3) is 5.91 Å². The van der Waals surface area contributed by atoms with Crippen molar-refractivity contribution in [1.29, 1.82) is 0 Å². The van der Waals surface area contributed by atoms with Crippen LogP contribution in [0.2, 0.25) is 0 Å². The Balaban J connectivity index is 1.37. The van der Waals surface area contributed by atoms with Gasteiger partial charge < -0.3 is 20.1 Å². The monoisotopic (exact) mass is 535 g/mol. The number of carbonyl (C=O) groups is 2. The van der Waals surface area contributed by atoms with Gasteiger partial charge in [-0.3, -0.25) is 14.6 Å². The highest BCUT2D eigenvalue weighted by Crippen LogP contribution is 2.23. The minimum absolute atomic E-state index is 0.142. The van der Waals surface area contributed by atoms with E-state index in [2.05, 4.69) is 37.7 Å². The van der Waals surface area contributed by atoms with E-state index in [1.54, 1.807) is 30.6 Å². The Labute approximate surface area is 231 Å². The molecule has 0 fully saturated rings. The van der Waals surface area contributed by atoms with Crippen molar-refractivity contribution in [3.05, 3.63) is 94.9 Å². The molecule has 2 aromatic carbocycles. The third-order valence-corrected chi connectivity index (χ3v) is 6.35. The molecule has 0 saturated heterocycles. The van der Waals surface area contributed by atoms with E-state index in [-0.39, 0.29) is 30.9 Å². The van der Waals surface area contributed by atoms with Gasteiger partial charge in [0.2, 0.25) is 5.91 Å². The van der Waals surface area contributed by atoms with Crippen LogP contribution in [0.3, 0.4) is 0 Å². The molecule has 0 bridgehead atoms. The summed E-state index contributed by atoms with van der Waals surface area (Å²) in [7, 11) is 0. The third kappa shape index (κ3) is 6.20. The standard InChI is InChI=1S/C31H29N5O4/c1-19(2)40-29-10-9-20(7-8-21-11-23(16-32-15-21)28-14-30(38)36-35-28)12-26(29)31(39)34-24(18-37)13-22-17-33-27-6-4-3-5-25(22)27/h3-6,9-12,15-17,19,24,33,37H,13-14,18H2,1-2H3,(H,34,39)(H,36,38)/t24-/m1/s1. The van der Waals surface area contributed by atoms with Gasteiger partial charge in [0.1, 0.15) is 5.75 Å². The first-order chi connectivity index (χ1) is 19.4. The van der Waals surface area contributed by atoms with Gasteiger partial charge in [-0.25, -0.2) is 5.43 Å². The van der Waals surface area contributed by atoms with Crippen LogP contribution in [0.4, 0.5) is 0 Å². The number of aliphatic hydroxyl groups is 1. The number of nitrogens with zero attached hydrogens (tertiary/aromatic N) is 2. The molecule has 5 rings (SSSR count). The summed E-state index contributed by atoms with van der Waals surface area (Å²) in [6.07, 6.45) is 5.68. The predicted molar refractivity (Wildman–Crippen MR) is 152 cm³/mol. The molecule has 3 heterocycles. The largest absolute Gasteiger partial charge is 0.490 e. The van der Waals surface area contributed by atoms with Crippen molar-refractivity contribution < 1.29 is 19.4 Å². The zero-order valence-corrected chi connectivity index (χ0v) is 22.2. The molecule has 0 aliphatic carbocycles. The first kappa shape index (κ1) is 26.7. The Hall–Kier alpha value is -4.94. The van der Waals surface area contributed by atoms with Crippen LogP contribution >= 0.6 is 0 Å². The zero-order chi connectivity index (χ0) is 28.1. The number of fused-ring (bicyclic) bond motifs is 1. The molecule has 4 aromatic rings. The lowest BCUT2D eigenvalue weighted by molar-refractivity contribution is -0.119. The van der Waals surface area contributed by atoms with Gasteiger partial charge in [-0.2, -0.15) is 5.10 Å². The van der Waals surface area contributed by atoms with Crippen molar-refractivity contribution >= 4 is 28.4 Å². The fourth-order valence-electron chi connectivity index (χ4n) is 4.47. The summed E-state index contributed by atoms with van der Waals surface area (Å²) >= 11 is 0. The van der Waals surface area contributed by atoms with Crippen LogP contribution in [0.1, 0.15) is 52.9 Å². The van der Waals surface area contributed by atoms with Gasteiger partial charge >= 0.3 is 0 Å². The van der Waals surface area contributed by atoms with Gasteiger partial charge in [-0.15, -0.1) is 0 Å². The van der Waals surface area contributed by atoms with E-state index in [0.29, 0.717) is 34.6 Å². The van der Waals surface area contributed by atoms with E-state index >= 15 is 0 Å². The lowest BCUT2D eigenvalue weighted by Crippen LogP contribution is -2.39. The number of pyridine rings is 1. The van der Waals surface area contributed by atoms with Gasteiger partial charge in [0, 0.05) is 46.2 Å². The molecule has 4 N–H and O–H groups in total. The summed E-state index contributed by atoms with van der Waals surface area (Å²) < 4.78 is 5.91. The Morgan fingerprint density at radius 2 is 1.95 bits per heavy atom. The molecule has 2 amide bonds. The normalized spacial score (nSPS) is 13.4. The highest BCUT2D eigenvalue weighted by atomic mass is 16.5. The molecule has 1 aliphatic rings. The fraction of sp³-hybridized carbons (Fsp3) is 0.226. The molecular formula is C31H29N5O4. The van der Waals surface area contributed by atoms with Crippen molar-refractivity contribution in [2.45, 2.75) is 38.8 Å². The first-order valence-electron chi connectivity index (χ1n) is 13.0. The summed E-state index contributed by atoms with van der Waals surface area (Å²) in [5.74, 6) is 6.07. The topological polar surface area (TPSA) is 129 Å². The maximum Gasteiger partial charge on any atom is 0.255 e. The van der Waals surface area contributed by atoms with Crippen LogP contribution in [0, 0.1) is 11.8 Å². The van der Waals surface area contributed by atoms with Gasteiger partial charge in [0.05, 0.1) is 36.4 Å². The molecule has 0 radical (unpaired) electrons. The highest BCUT2D eigenvalue weighted by Gasteiger charge is 2.20. The Kier molecular flexibility index (Phi) is 7.89. The molecule has 9 nitrogen and oxygen atoms in total. The minimum Gasteiger partial charge on any atom is -0.490 e. The van der Waals surface area contributed by atoms with Crippen LogP contribution in [-0.4, -0.2) is 51.4 Å². The second-order valence-corrected chi connectivity index (χ2v) is 9.78. The predicted octanol–water partition coefficient (Wildman–Crippen LogP) is 3.31. The molecule has 1 atom stereocenters. The number of ether oxygens (including phenoxy) is 1. The summed E-state index contributed by atoms with van der Waals surface area (Å²) in [5.41, 5.74) is 7.36. The van der Waals surface area contributed by atoms with Gasteiger partial charge in [-0.1, -0.05) is 30.0 Å². The van der Waals surface area contributed by atoms with Crippen molar-refractivity contribution in [1.82, 2.24) is 20.7 Å². The molecule has 0 unspecified atom stereocenters. The van der Waals surface area contributed by atoms with Crippen LogP contribution < -0.4 is 15.5 Å². The smallest absolute Gasteiger partial charge is 0.255 e. The average molecular weight is 536 g/mol. The summed E-state index contributed by atoms with van der Waals surface area (Å²) in [5, 5.41) is 18.1. The third-order valence-electron chi connectivity index (χ3n) is 6.35. The van der Waals surface area contributed by atoms with E-state index in [1.165, 1.54) is 0 Å². The van der Waals surface area contributed by atoms with Gasteiger partial charge in [-0.05, 0) is 56.2 Å². The van der Waals surface area contributed by atoms with Gasteiger partial charge in [0.15, 0.2) is 0 Å². The minimum atomic E-state index is -0.498. The number of carbonyl (C=O) groups excluding carboxylic acids is 2. The zero-order valence-electron chi connectivity index (χ0n) is 22.2. The Bertz CT molecular complexity index is 1660. The molecule has 1 aliphatic heterocycles. The van der Waals surface area contributed by atoms with Crippen molar-refractivity contribution in [2.75, 3.05) is 6.61 Å². The number of hydrogen-bond acceptors (Lipinski definition) is 6. The summed E-state index contributed by atoms with van der Waals surface area (Å²) in [6.45, 7) is 3.56. The van der Waals surface area contributed by atoms with E-state index in [9.17, 15) is 14.7 Å². The second kappa shape index (κ2) is 11.8. The molecule has 40 heavy (non-hydrogen) atoms. The van der Waals surface area contributed by atoms with Crippen molar-refractivity contribution in [3.8, 4) is 17.6 Å². The van der Waals surface area contributed by atoms with E-state index in [4.69, 9.17) is 4.74 Å². The number of amides is 2. The lowest BCUT2D eigenvalue weighted by Gasteiger charge is -2.19. The number of benzene rings is 2. The number of nitrogens with one attached hydrogen (secondary N) is 3. The number of hydrazone groups is 1. The number of aromatic amines is 1. The quantitative estimate of drug-likeness (QED) is 0.257. The maximum absolute atomic E-state index is 13.4. The number of hydrogen-bond donors (Lipinski definition) is 4. The maximum atomic E-state index is 13.4. The Morgan fingerprint density at radius 1 is 1.12 bits per heavy atom. The van der Waals surface area contributed by atoms with Crippen LogP contribution in [0.5, 0.6) is 5.75 Å². The Morgan fingerprint density at radius 3 is 2.73 bits per heavy atom.